The number of nitrogens with zero attached hydrogens (tertiary/aromatic N) is 2. The molecule has 1 fully saturated rings. The van der Waals surface area contributed by atoms with Crippen molar-refractivity contribution in [1.82, 2.24) is 9.80 Å². The van der Waals surface area contributed by atoms with Gasteiger partial charge in [0, 0.05) is 39.1 Å². The molecule has 1 aliphatic rings. The van der Waals surface area contributed by atoms with Crippen LogP contribution in [0.3, 0.4) is 0 Å². The highest BCUT2D eigenvalue weighted by Gasteiger charge is 2.27. The number of para-hydroxylation sites is 1. The predicted molar refractivity (Wildman–Crippen MR) is 117 cm³/mol. The van der Waals surface area contributed by atoms with E-state index >= 15 is 0 Å². The van der Waals surface area contributed by atoms with Gasteiger partial charge in [0.1, 0.15) is 12.4 Å². The van der Waals surface area contributed by atoms with E-state index in [2.05, 4.69) is 29.2 Å². The zero-order valence-electron chi connectivity index (χ0n) is 15.9. The van der Waals surface area contributed by atoms with Crippen LogP contribution in [0.15, 0.2) is 60.7 Å². The van der Waals surface area contributed by atoms with Crippen LogP contribution in [0.5, 0.6) is 5.75 Å². The zero-order valence-corrected chi connectivity index (χ0v) is 17.5. The number of ether oxygens (including phenoxy) is 1. The molecule has 2 aromatic carbocycles. The lowest BCUT2D eigenvalue weighted by atomic mass is 10.0. The summed E-state index contributed by atoms with van der Waals surface area (Å²) in [6.07, 6.45) is 0.430. The summed E-state index contributed by atoms with van der Waals surface area (Å²) in [4.78, 5) is 16.4. The van der Waals surface area contributed by atoms with Crippen molar-refractivity contribution in [2.75, 3.05) is 39.3 Å². The van der Waals surface area contributed by atoms with E-state index in [1.54, 1.807) is 0 Å². The van der Waals surface area contributed by atoms with Crippen molar-refractivity contribution >= 4 is 30.7 Å². The van der Waals surface area contributed by atoms with Crippen LogP contribution < -0.4 is 10.5 Å². The highest BCUT2D eigenvalue weighted by atomic mass is 35.5. The van der Waals surface area contributed by atoms with Crippen molar-refractivity contribution in [1.29, 1.82) is 0 Å². The average molecular weight is 426 g/mol. The Morgan fingerprint density at radius 3 is 2.07 bits per heavy atom. The van der Waals surface area contributed by atoms with Crippen molar-refractivity contribution in [3.8, 4) is 5.75 Å². The molecule has 1 aliphatic heterocycles. The molecule has 0 aromatic heterocycles. The van der Waals surface area contributed by atoms with Gasteiger partial charge in [0.15, 0.2) is 0 Å². The van der Waals surface area contributed by atoms with Crippen LogP contribution in [-0.4, -0.2) is 55.0 Å². The largest absolute Gasteiger partial charge is 0.492 e. The first kappa shape index (κ1) is 24.2. The van der Waals surface area contributed by atoms with Crippen LogP contribution in [0, 0.1) is 0 Å². The standard InChI is InChI=1S/C21H27N3O2.2ClH/c22-12-11-21(25)24-15-13-23(14-16-24)20(18-7-3-1-4-8-18)17-26-19-9-5-2-6-10-19;;/h1-10,20H,11-17,22H2;2*1H. The van der Waals surface area contributed by atoms with Crippen LogP contribution in [0.1, 0.15) is 18.0 Å². The third-order valence-corrected chi connectivity index (χ3v) is 4.80. The third kappa shape index (κ3) is 6.67. The molecule has 1 saturated heterocycles. The van der Waals surface area contributed by atoms with Gasteiger partial charge >= 0.3 is 0 Å². The number of carbonyl (C=O) groups excluding carboxylic acids is 1. The lowest BCUT2D eigenvalue weighted by Crippen LogP contribution is -2.50. The summed E-state index contributed by atoms with van der Waals surface area (Å²) in [5.41, 5.74) is 6.75. The molecule has 0 radical (unpaired) electrons. The summed E-state index contributed by atoms with van der Waals surface area (Å²) < 4.78 is 6.05. The number of rotatable bonds is 7. The van der Waals surface area contributed by atoms with Crippen LogP contribution in [-0.2, 0) is 4.79 Å². The van der Waals surface area contributed by atoms with Crippen molar-refractivity contribution in [3.63, 3.8) is 0 Å². The van der Waals surface area contributed by atoms with Crippen LogP contribution in [0.2, 0.25) is 0 Å². The Kier molecular flexibility index (Phi) is 10.9. The molecule has 2 aromatic rings. The Bertz CT molecular complexity index is 681. The van der Waals surface area contributed by atoms with Crippen molar-refractivity contribution < 1.29 is 9.53 Å². The number of halogens is 2. The maximum absolute atomic E-state index is 12.1. The first-order valence-electron chi connectivity index (χ1n) is 9.22. The summed E-state index contributed by atoms with van der Waals surface area (Å²) in [6, 6.07) is 20.5. The number of nitrogens with two attached hydrogens (primary N) is 1. The highest BCUT2D eigenvalue weighted by Crippen LogP contribution is 2.24. The van der Waals surface area contributed by atoms with Gasteiger partial charge in [-0.2, -0.15) is 0 Å². The van der Waals surface area contributed by atoms with E-state index < -0.39 is 0 Å². The van der Waals surface area contributed by atoms with Gasteiger partial charge < -0.3 is 15.4 Å². The lowest BCUT2D eigenvalue weighted by molar-refractivity contribution is -0.133. The van der Waals surface area contributed by atoms with Crippen molar-refractivity contribution in [2.24, 2.45) is 5.73 Å². The van der Waals surface area contributed by atoms with E-state index in [1.807, 2.05) is 41.3 Å². The van der Waals surface area contributed by atoms with Gasteiger partial charge in [-0.25, -0.2) is 0 Å². The van der Waals surface area contributed by atoms with Crippen LogP contribution >= 0.6 is 24.8 Å². The minimum absolute atomic E-state index is 0. The maximum atomic E-state index is 12.1. The molecule has 2 N–H and O–H groups in total. The fourth-order valence-electron chi connectivity index (χ4n) is 3.34. The number of piperazine rings is 1. The average Bonchev–Trinajstić information content (AvgIpc) is 2.70. The molecule has 7 heteroatoms. The molecule has 1 amide bonds. The Morgan fingerprint density at radius 1 is 0.929 bits per heavy atom. The molecule has 0 bridgehead atoms. The van der Waals surface area contributed by atoms with E-state index in [4.69, 9.17) is 10.5 Å². The number of hydrogen-bond donors (Lipinski definition) is 1. The summed E-state index contributed by atoms with van der Waals surface area (Å²) in [7, 11) is 0. The summed E-state index contributed by atoms with van der Waals surface area (Å²) in [6.45, 7) is 4.17. The van der Waals surface area contributed by atoms with E-state index in [9.17, 15) is 4.79 Å². The van der Waals surface area contributed by atoms with E-state index in [-0.39, 0.29) is 36.8 Å². The number of hydrogen-bond acceptors (Lipinski definition) is 4. The third-order valence-electron chi connectivity index (χ3n) is 4.80. The second-order valence-corrected chi connectivity index (χ2v) is 6.51. The predicted octanol–water partition coefficient (Wildman–Crippen LogP) is 3.14. The molecule has 5 nitrogen and oxygen atoms in total. The molecule has 0 spiro atoms. The second-order valence-electron chi connectivity index (χ2n) is 6.51. The number of carbonyl (C=O) groups is 1. The van der Waals surface area contributed by atoms with Gasteiger partial charge in [-0.3, -0.25) is 9.69 Å². The zero-order chi connectivity index (χ0) is 18.2. The molecule has 1 heterocycles. The minimum Gasteiger partial charge on any atom is -0.492 e. The fourth-order valence-corrected chi connectivity index (χ4v) is 3.34. The molecule has 0 aliphatic carbocycles. The normalized spacial score (nSPS) is 15.1. The van der Waals surface area contributed by atoms with E-state index in [0.717, 1.165) is 31.9 Å². The summed E-state index contributed by atoms with van der Waals surface area (Å²) in [5, 5.41) is 0. The van der Waals surface area contributed by atoms with Crippen molar-refractivity contribution in [2.45, 2.75) is 12.5 Å². The molecule has 1 atom stereocenters. The fraction of sp³-hybridized carbons (Fsp3) is 0.381. The second kappa shape index (κ2) is 12.6. The van der Waals surface area contributed by atoms with Crippen molar-refractivity contribution in [3.05, 3.63) is 66.2 Å². The van der Waals surface area contributed by atoms with Gasteiger partial charge in [0.2, 0.25) is 5.91 Å². The smallest absolute Gasteiger partial charge is 0.223 e. The minimum atomic E-state index is 0. The van der Waals surface area contributed by atoms with Gasteiger partial charge in [-0.05, 0) is 17.7 Å². The Morgan fingerprint density at radius 2 is 1.50 bits per heavy atom. The van der Waals surface area contributed by atoms with Crippen LogP contribution in [0.25, 0.3) is 0 Å². The SMILES string of the molecule is Cl.Cl.NCCC(=O)N1CCN(C(COc2ccccc2)c2ccccc2)CC1. The topological polar surface area (TPSA) is 58.8 Å². The molecular formula is C21H29Cl2N3O2. The van der Waals surface area contributed by atoms with Gasteiger partial charge in [-0.1, -0.05) is 48.5 Å². The molecule has 1 unspecified atom stereocenters. The van der Waals surface area contributed by atoms with Gasteiger partial charge in [0.25, 0.3) is 0 Å². The maximum Gasteiger partial charge on any atom is 0.223 e. The number of benzene rings is 2. The summed E-state index contributed by atoms with van der Waals surface area (Å²) in [5.74, 6) is 1.04. The monoisotopic (exact) mass is 425 g/mol. The molecule has 154 valence electrons. The lowest BCUT2D eigenvalue weighted by Gasteiger charge is -2.39. The Labute approximate surface area is 179 Å². The van der Waals surface area contributed by atoms with Crippen LogP contribution in [0.4, 0.5) is 0 Å². The first-order valence-corrected chi connectivity index (χ1v) is 9.22. The highest BCUT2D eigenvalue weighted by molar-refractivity contribution is 5.85. The van der Waals surface area contributed by atoms with Gasteiger partial charge in [-0.15, -0.1) is 24.8 Å². The molecule has 3 rings (SSSR count). The molecule has 28 heavy (non-hydrogen) atoms. The first-order chi connectivity index (χ1) is 12.8. The molecule has 0 saturated carbocycles. The summed E-state index contributed by atoms with van der Waals surface area (Å²) >= 11 is 0. The van der Waals surface area contributed by atoms with E-state index in [0.29, 0.717) is 19.6 Å². The molecular weight excluding hydrogens is 397 g/mol. The quantitative estimate of drug-likeness (QED) is 0.739. The Balaban J connectivity index is 0.00000196. The van der Waals surface area contributed by atoms with Gasteiger partial charge in [0.05, 0.1) is 6.04 Å². The number of amides is 1. The Hall–Kier alpha value is -1.79. The van der Waals surface area contributed by atoms with E-state index in [1.165, 1.54) is 5.56 Å².